The number of piperidine rings is 1. The highest BCUT2D eigenvalue weighted by molar-refractivity contribution is 5.29. The molecule has 0 bridgehead atoms. The van der Waals surface area contributed by atoms with Gasteiger partial charge >= 0.3 is 0 Å². The molecule has 0 spiro atoms. The molecule has 1 aliphatic rings. The van der Waals surface area contributed by atoms with Crippen molar-refractivity contribution in [2.75, 3.05) is 33.4 Å². The third-order valence-corrected chi connectivity index (χ3v) is 3.34. The Bertz CT molecular complexity index is 337. The first-order chi connectivity index (χ1) is 8.29. The van der Waals surface area contributed by atoms with Gasteiger partial charge in [-0.1, -0.05) is 12.1 Å². The lowest BCUT2D eigenvalue weighted by Crippen LogP contribution is -2.30. The highest BCUT2D eigenvalue weighted by Crippen LogP contribution is 2.27. The first-order valence-electron chi connectivity index (χ1n) is 6.32. The Labute approximate surface area is 103 Å². The van der Waals surface area contributed by atoms with Crippen LogP contribution in [0, 0.1) is 0 Å². The molecule has 1 aromatic rings. The van der Waals surface area contributed by atoms with E-state index in [4.69, 9.17) is 9.84 Å². The molecule has 0 amide bonds. The van der Waals surface area contributed by atoms with Crippen molar-refractivity contribution in [3.8, 4) is 5.75 Å². The highest BCUT2D eigenvalue weighted by atomic mass is 16.5. The van der Waals surface area contributed by atoms with Crippen molar-refractivity contribution >= 4 is 0 Å². The van der Waals surface area contributed by atoms with Crippen molar-refractivity contribution in [3.05, 3.63) is 29.8 Å². The zero-order valence-electron chi connectivity index (χ0n) is 10.4. The summed E-state index contributed by atoms with van der Waals surface area (Å²) in [5.41, 5.74) is 1.40. The summed E-state index contributed by atoms with van der Waals surface area (Å²) < 4.78 is 5.36. The van der Waals surface area contributed by atoms with Crippen molar-refractivity contribution in [1.82, 2.24) is 4.90 Å². The average molecular weight is 235 g/mol. The summed E-state index contributed by atoms with van der Waals surface area (Å²) in [6.07, 6.45) is 2.56. The van der Waals surface area contributed by atoms with Crippen LogP contribution in [0.15, 0.2) is 24.3 Å². The maximum absolute atomic E-state index is 8.68. The highest BCUT2D eigenvalue weighted by Gasteiger charge is 2.18. The molecule has 1 N–H and O–H groups in total. The number of benzene rings is 1. The number of ether oxygens (including phenoxy) is 1. The average Bonchev–Trinajstić information content (AvgIpc) is 2.37. The second kappa shape index (κ2) is 6.03. The number of likely N-dealkylation sites (N-methyl/N-ethyl adjacent to an activating group) is 1. The Morgan fingerprint density at radius 1 is 1.35 bits per heavy atom. The second-order valence-electron chi connectivity index (χ2n) is 4.74. The predicted octanol–water partition coefficient (Wildman–Crippen LogP) is 1.87. The van der Waals surface area contributed by atoms with Crippen LogP contribution in [-0.4, -0.2) is 43.4 Å². The molecule has 1 aromatic carbocycles. The van der Waals surface area contributed by atoms with Gasteiger partial charge in [0.25, 0.3) is 0 Å². The van der Waals surface area contributed by atoms with E-state index in [1.807, 2.05) is 12.1 Å². The van der Waals surface area contributed by atoms with Crippen molar-refractivity contribution < 1.29 is 9.84 Å². The lowest BCUT2D eigenvalue weighted by Gasteiger charge is -2.30. The van der Waals surface area contributed by atoms with E-state index in [1.165, 1.54) is 24.9 Å². The van der Waals surface area contributed by atoms with Crippen LogP contribution >= 0.6 is 0 Å². The zero-order valence-corrected chi connectivity index (χ0v) is 10.4. The van der Waals surface area contributed by atoms with E-state index in [2.05, 4.69) is 24.1 Å². The number of nitrogens with zero attached hydrogens (tertiary/aromatic N) is 1. The van der Waals surface area contributed by atoms with Gasteiger partial charge in [-0.3, -0.25) is 0 Å². The van der Waals surface area contributed by atoms with Crippen LogP contribution < -0.4 is 4.74 Å². The van der Waals surface area contributed by atoms with E-state index in [1.54, 1.807) is 0 Å². The fourth-order valence-corrected chi connectivity index (χ4v) is 2.44. The van der Waals surface area contributed by atoms with Crippen LogP contribution in [0.1, 0.15) is 24.3 Å². The Balaban J connectivity index is 1.96. The number of aliphatic hydroxyl groups is 1. The molecule has 3 heteroatoms. The van der Waals surface area contributed by atoms with E-state index in [-0.39, 0.29) is 6.61 Å². The third kappa shape index (κ3) is 3.45. The Morgan fingerprint density at radius 3 is 2.76 bits per heavy atom. The van der Waals surface area contributed by atoms with Gasteiger partial charge in [-0.2, -0.15) is 0 Å². The van der Waals surface area contributed by atoms with Gasteiger partial charge in [0, 0.05) is 6.54 Å². The van der Waals surface area contributed by atoms with Gasteiger partial charge in [-0.25, -0.2) is 0 Å². The van der Waals surface area contributed by atoms with Gasteiger partial charge in [-0.15, -0.1) is 0 Å². The van der Waals surface area contributed by atoms with Gasteiger partial charge in [0.05, 0.1) is 6.61 Å². The van der Waals surface area contributed by atoms with Crippen LogP contribution in [0.4, 0.5) is 0 Å². The monoisotopic (exact) mass is 235 g/mol. The van der Waals surface area contributed by atoms with Gasteiger partial charge in [0.2, 0.25) is 0 Å². The number of rotatable bonds is 4. The lowest BCUT2D eigenvalue weighted by molar-refractivity contribution is 0.201. The summed E-state index contributed by atoms with van der Waals surface area (Å²) >= 11 is 0. The van der Waals surface area contributed by atoms with Gasteiger partial charge in [0.1, 0.15) is 12.4 Å². The molecule has 0 aromatic heterocycles. The maximum Gasteiger partial charge on any atom is 0.119 e. The van der Waals surface area contributed by atoms with Gasteiger partial charge < -0.3 is 14.7 Å². The normalized spacial score (nSPS) is 21.4. The van der Waals surface area contributed by atoms with E-state index >= 15 is 0 Å². The quantitative estimate of drug-likeness (QED) is 0.864. The molecular weight excluding hydrogens is 214 g/mol. The van der Waals surface area contributed by atoms with Crippen molar-refractivity contribution in [2.24, 2.45) is 0 Å². The van der Waals surface area contributed by atoms with E-state index in [9.17, 15) is 0 Å². The molecule has 2 rings (SSSR count). The molecule has 3 nitrogen and oxygen atoms in total. The fourth-order valence-electron chi connectivity index (χ4n) is 2.44. The van der Waals surface area contributed by atoms with Crippen molar-refractivity contribution in [3.63, 3.8) is 0 Å². The SMILES string of the molecule is CN1CCCC(c2ccc(OCCO)cc2)C1. The largest absolute Gasteiger partial charge is 0.491 e. The number of aliphatic hydroxyl groups excluding tert-OH is 1. The summed E-state index contributed by atoms with van der Waals surface area (Å²) in [7, 11) is 2.19. The molecule has 0 aliphatic carbocycles. The summed E-state index contributed by atoms with van der Waals surface area (Å²) in [5, 5.41) is 8.68. The topological polar surface area (TPSA) is 32.7 Å². The third-order valence-electron chi connectivity index (χ3n) is 3.34. The van der Waals surface area contributed by atoms with Crippen molar-refractivity contribution in [1.29, 1.82) is 0 Å². The maximum atomic E-state index is 8.68. The standard InChI is InChI=1S/C14H21NO2/c1-15-8-2-3-13(11-15)12-4-6-14(7-5-12)17-10-9-16/h4-7,13,16H,2-3,8-11H2,1H3. The molecule has 94 valence electrons. The smallest absolute Gasteiger partial charge is 0.119 e. The molecule has 1 fully saturated rings. The summed E-state index contributed by atoms with van der Waals surface area (Å²) in [6.45, 7) is 2.80. The molecule has 1 aliphatic heterocycles. The number of likely N-dealkylation sites (tertiary alicyclic amines) is 1. The van der Waals surface area contributed by atoms with Gasteiger partial charge in [-0.05, 0) is 50.0 Å². The molecule has 1 unspecified atom stereocenters. The van der Waals surface area contributed by atoms with Crippen LogP contribution in [0.5, 0.6) is 5.75 Å². The first-order valence-corrected chi connectivity index (χ1v) is 6.32. The Hall–Kier alpha value is -1.06. The first kappa shape index (κ1) is 12.4. The fraction of sp³-hybridized carbons (Fsp3) is 0.571. The van der Waals surface area contributed by atoms with E-state index < -0.39 is 0 Å². The molecular formula is C14H21NO2. The minimum absolute atomic E-state index is 0.0647. The number of hydrogen-bond acceptors (Lipinski definition) is 3. The van der Waals surface area contributed by atoms with Crippen LogP contribution in [0.2, 0.25) is 0 Å². The van der Waals surface area contributed by atoms with Crippen LogP contribution in [0.3, 0.4) is 0 Å². The minimum atomic E-state index is 0.0647. The molecule has 1 heterocycles. The van der Waals surface area contributed by atoms with Crippen LogP contribution in [-0.2, 0) is 0 Å². The summed E-state index contributed by atoms with van der Waals surface area (Å²) in [5.74, 6) is 1.49. The molecule has 0 radical (unpaired) electrons. The molecule has 17 heavy (non-hydrogen) atoms. The van der Waals surface area contributed by atoms with Crippen LogP contribution in [0.25, 0.3) is 0 Å². The second-order valence-corrected chi connectivity index (χ2v) is 4.74. The molecule has 0 saturated carbocycles. The Kier molecular flexibility index (Phi) is 4.40. The Morgan fingerprint density at radius 2 is 2.12 bits per heavy atom. The molecule has 1 atom stereocenters. The lowest BCUT2D eigenvalue weighted by atomic mass is 9.91. The van der Waals surface area contributed by atoms with E-state index in [0.29, 0.717) is 12.5 Å². The van der Waals surface area contributed by atoms with E-state index in [0.717, 1.165) is 12.3 Å². The zero-order chi connectivity index (χ0) is 12.1. The molecule has 1 saturated heterocycles. The minimum Gasteiger partial charge on any atom is -0.491 e. The number of hydrogen-bond donors (Lipinski definition) is 1. The van der Waals surface area contributed by atoms with Gasteiger partial charge in [0.15, 0.2) is 0 Å². The predicted molar refractivity (Wildman–Crippen MR) is 68.5 cm³/mol. The van der Waals surface area contributed by atoms with Crippen molar-refractivity contribution in [2.45, 2.75) is 18.8 Å². The summed E-state index contributed by atoms with van der Waals surface area (Å²) in [4.78, 5) is 2.39. The summed E-state index contributed by atoms with van der Waals surface area (Å²) in [6, 6.07) is 8.30.